The standard InChI is InChI=1S/C9H10F3NO4/c1-2-16-8-6(7(14)15)13-5(17-8)3-4-9(10,11)12/h2-4H2,1H3,(H,14,15). The topological polar surface area (TPSA) is 72.6 Å². The summed E-state index contributed by atoms with van der Waals surface area (Å²) in [5.74, 6) is -2.07. The van der Waals surface area contributed by atoms with Gasteiger partial charge in [-0.15, -0.1) is 0 Å². The Kier molecular flexibility index (Phi) is 3.97. The number of oxazole rings is 1. The molecule has 1 rings (SSSR count). The fraction of sp³-hybridized carbons (Fsp3) is 0.556. The van der Waals surface area contributed by atoms with Gasteiger partial charge in [-0.3, -0.25) is 0 Å². The lowest BCUT2D eigenvalue weighted by Gasteiger charge is -2.02. The van der Waals surface area contributed by atoms with Gasteiger partial charge < -0.3 is 14.3 Å². The number of aryl methyl sites for hydroxylation is 1. The molecule has 0 fully saturated rings. The van der Waals surface area contributed by atoms with E-state index in [-0.39, 0.29) is 18.4 Å². The van der Waals surface area contributed by atoms with Gasteiger partial charge in [-0.25, -0.2) is 9.78 Å². The third kappa shape index (κ3) is 3.97. The number of alkyl halides is 3. The van der Waals surface area contributed by atoms with Crippen molar-refractivity contribution in [2.75, 3.05) is 6.61 Å². The molecule has 0 spiro atoms. The number of carbonyl (C=O) groups is 1. The molecule has 1 N–H and O–H groups in total. The zero-order chi connectivity index (χ0) is 13.1. The van der Waals surface area contributed by atoms with E-state index in [0.29, 0.717) is 0 Å². The minimum Gasteiger partial charge on any atom is -0.476 e. The van der Waals surface area contributed by atoms with Crippen molar-refractivity contribution in [1.29, 1.82) is 0 Å². The van der Waals surface area contributed by atoms with Gasteiger partial charge in [-0.2, -0.15) is 13.2 Å². The molecular formula is C9H10F3NO4. The Labute approximate surface area is 94.2 Å². The zero-order valence-electron chi connectivity index (χ0n) is 8.87. The summed E-state index contributed by atoms with van der Waals surface area (Å²) in [5.41, 5.74) is -0.510. The summed E-state index contributed by atoms with van der Waals surface area (Å²) >= 11 is 0. The highest BCUT2D eigenvalue weighted by molar-refractivity contribution is 5.87. The molecule has 0 aromatic carbocycles. The molecule has 0 bridgehead atoms. The van der Waals surface area contributed by atoms with Crippen molar-refractivity contribution in [1.82, 2.24) is 4.98 Å². The van der Waals surface area contributed by atoms with Crippen molar-refractivity contribution >= 4 is 5.97 Å². The van der Waals surface area contributed by atoms with Crippen LogP contribution in [0.5, 0.6) is 5.95 Å². The van der Waals surface area contributed by atoms with Gasteiger partial charge in [0.15, 0.2) is 5.89 Å². The number of aromatic carboxylic acids is 1. The summed E-state index contributed by atoms with van der Waals surface area (Å²) in [6.45, 7) is 1.72. The molecule has 0 radical (unpaired) electrons. The predicted octanol–water partition coefficient (Wildman–Crippen LogP) is 2.27. The van der Waals surface area contributed by atoms with Crippen LogP contribution in [-0.4, -0.2) is 28.8 Å². The van der Waals surface area contributed by atoms with E-state index in [9.17, 15) is 18.0 Å². The Morgan fingerprint density at radius 3 is 2.65 bits per heavy atom. The molecule has 0 aliphatic heterocycles. The SMILES string of the molecule is CCOc1oc(CCC(F)(F)F)nc1C(=O)O. The number of hydrogen-bond acceptors (Lipinski definition) is 4. The number of halogens is 3. The van der Waals surface area contributed by atoms with Crippen LogP contribution in [0.1, 0.15) is 29.7 Å². The Balaban J connectivity index is 2.81. The fourth-order valence-electron chi connectivity index (χ4n) is 1.07. The Morgan fingerprint density at radius 1 is 1.53 bits per heavy atom. The average molecular weight is 253 g/mol. The van der Waals surface area contributed by atoms with Gasteiger partial charge in [-0.05, 0) is 6.92 Å². The van der Waals surface area contributed by atoms with Gasteiger partial charge in [0.2, 0.25) is 5.69 Å². The van der Waals surface area contributed by atoms with E-state index >= 15 is 0 Å². The van der Waals surface area contributed by atoms with E-state index in [2.05, 4.69) is 4.98 Å². The number of hydrogen-bond donors (Lipinski definition) is 1. The predicted molar refractivity (Wildman–Crippen MR) is 49.0 cm³/mol. The fourth-order valence-corrected chi connectivity index (χ4v) is 1.07. The summed E-state index contributed by atoms with van der Waals surface area (Å²) in [7, 11) is 0. The lowest BCUT2D eigenvalue weighted by molar-refractivity contribution is -0.134. The second-order valence-electron chi connectivity index (χ2n) is 3.10. The van der Waals surface area contributed by atoms with Gasteiger partial charge in [-0.1, -0.05) is 0 Å². The molecule has 0 unspecified atom stereocenters. The third-order valence-corrected chi connectivity index (χ3v) is 1.74. The summed E-state index contributed by atoms with van der Waals surface area (Å²) < 4.78 is 45.4. The Hall–Kier alpha value is -1.73. The minimum absolute atomic E-state index is 0.133. The minimum atomic E-state index is -4.34. The maximum atomic E-state index is 11.9. The highest BCUT2D eigenvalue weighted by atomic mass is 19.4. The summed E-state index contributed by atoms with van der Waals surface area (Å²) in [4.78, 5) is 14.1. The monoisotopic (exact) mass is 253 g/mol. The van der Waals surface area contributed by atoms with Gasteiger partial charge in [0.25, 0.3) is 0 Å². The van der Waals surface area contributed by atoms with Crippen LogP contribution in [0.25, 0.3) is 0 Å². The molecule has 0 atom stereocenters. The maximum absolute atomic E-state index is 11.9. The second-order valence-corrected chi connectivity index (χ2v) is 3.10. The Morgan fingerprint density at radius 2 is 2.18 bits per heavy atom. The average Bonchev–Trinajstić information content (AvgIpc) is 2.58. The molecule has 0 aliphatic carbocycles. The molecule has 1 aromatic rings. The lowest BCUT2D eigenvalue weighted by Crippen LogP contribution is -2.08. The zero-order valence-corrected chi connectivity index (χ0v) is 8.87. The van der Waals surface area contributed by atoms with Gasteiger partial charge in [0.05, 0.1) is 13.0 Å². The van der Waals surface area contributed by atoms with Crippen LogP contribution >= 0.6 is 0 Å². The molecule has 5 nitrogen and oxygen atoms in total. The van der Waals surface area contributed by atoms with Gasteiger partial charge in [0.1, 0.15) is 0 Å². The molecule has 0 amide bonds. The van der Waals surface area contributed by atoms with Crippen LogP contribution in [0.15, 0.2) is 4.42 Å². The normalized spacial score (nSPS) is 11.5. The van der Waals surface area contributed by atoms with Crippen LogP contribution in [0, 0.1) is 0 Å². The highest BCUT2D eigenvalue weighted by Crippen LogP contribution is 2.25. The largest absolute Gasteiger partial charge is 0.476 e. The molecule has 17 heavy (non-hydrogen) atoms. The molecule has 1 heterocycles. The maximum Gasteiger partial charge on any atom is 0.389 e. The number of carboxylic acid groups (broad SMARTS) is 1. The first-order valence-corrected chi connectivity index (χ1v) is 4.76. The van der Waals surface area contributed by atoms with Gasteiger partial charge in [0, 0.05) is 6.42 Å². The molecule has 96 valence electrons. The molecule has 8 heteroatoms. The lowest BCUT2D eigenvalue weighted by atomic mass is 10.3. The summed E-state index contributed by atoms with van der Waals surface area (Å²) in [5, 5.41) is 8.71. The molecule has 0 saturated heterocycles. The number of rotatable bonds is 5. The molecule has 1 aromatic heterocycles. The first-order valence-electron chi connectivity index (χ1n) is 4.76. The first kappa shape index (κ1) is 13.3. The number of nitrogens with zero attached hydrogens (tertiary/aromatic N) is 1. The van der Waals surface area contributed by atoms with E-state index in [1.54, 1.807) is 6.92 Å². The van der Waals surface area contributed by atoms with Crippen molar-refractivity contribution in [3.05, 3.63) is 11.6 Å². The van der Waals surface area contributed by atoms with Crippen molar-refractivity contribution in [2.24, 2.45) is 0 Å². The van der Waals surface area contributed by atoms with Crippen LogP contribution in [0.2, 0.25) is 0 Å². The number of aromatic nitrogens is 1. The van der Waals surface area contributed by atoms with E-state index < -0.39 is 30.7 Å². The third-order valence-electron chi connectivity index (χ3n) is 1.74. The molecule has 0 aliphatic rings. The van der Waals surface area contributed by atoms with Crippen LogP contribution in [-0.2, 0) is 6.42 Å². The van der Waals surface area contributed by atoms with E-state index in [1.807, 2.05) is 0 Å². The smallest absolute Gasteiger partial charge is 0.389 e. The van der Waals surface area contributed by atoms with Crippen LogP contribution in [0.3, 0.4) is 0 Å². The van der Waals surface area contributed by atoms with Crippen LogP contribution < -0.4 is 4.74 Å². The quantitative estimate of drug-likeness (QED) is 0.871. The van der Waals surface area contributed by atoms with Crippen molar-refractivity contribution in [2.45, 2.75) is 25.9 Å². The van der Waals surface area contributed by atoms with E-state index in [0.717, 1.165) is 0 Å². The summed E-state index contributed by atoms with van der Waals surface area (Å²) in [6.07, 6.45) is -5.99. The second kappa shape index (κ2) is 5.07. The van der Waals surface area contributed by atoms with Crippen molar-refractivity contribution in [3.8, 4) is 5.95 Å². The van der Waals surface area contributed by atoms with Crippen molar-refractivity contribution < 1.29 is 32.2 Å². The van der Waals surface area contributed by atoms with E-state index in [4.69, 9.17) is 14.3 Å². The number of ether oxygens (including phenoxy) is 1. The highest BCUT2D eigenvalue weighted by Gasteiger charge is 2.29. The summed E-state index contributed by atoms with van der Waals surface area (Å²) in [6, 6.07) is 0. The Bertz CT molecular complexity index is 399. The van der Waals surface area contributed by atoms with E-state index in [1.165, 1.54) is 0 Å². The van der Waals surface area contributed by atoms with Crippen LogP contribution in [0.4, 0.5) is 13.2 Å². The molecule has 0 saturated carbocycles. The van der Waals surface area contributed by atoms with Crippen molar-refractivity contribution in [3.63, 3.8) is 0 Å². The number of carboxylic acids is 1. The molecular weight excluding hydrogens is 243 g/mol. The van der Waals surface area contributed by atoms with Gasteiger partial charge >= 0.3 is 18.1 Å². The first-order chi connectivity index (χ1) is 7.83.